The molecule has 0 bridgehead atoms. The average Bonchev–Trinajstić information content (AvgIpc) is 3.05. The number of anilines is 1. The minimum absolute atomic E-state index is 0.0331. The first-order valence-electron chi connectivity index (χ1n) is 10.5. The minimum Gasteiger partial charge on any atom is -0.375 e. The third-order valence-corrected chi connectivity index (χ3v) is 6.00. The predicted octanol–water partition coefficient (Wildman–Crippen LogP) is 1.51. The maximum Gasteiger partial charge on any atom is 0.191 e. The van der Waals surface area contributed by atoms with Gasteiger partial charge in [-0.1, -0.05) is 18.2 Å². The topological polar surface area (TPSA) is 105 Å². The lowest BCUT2D eigenvalue weighted by atomic mass is 10.2. The minimum atomic E-state index is -3.00. The van der Waals surface area contributed by atoms with Gasteiger partial charge in [0.05, 0.1) is 5.75 Å². The van der Waals surface area contributed by atoms with Crippen LogP contribution in [0.3, 0.4) is 0 Å². The third-order valence-electron chi connectivity index (χ3n) is 5.03. The van der Waals surface area contributed by atoms with Crippen LogP contribution in [0.25, 0.3) is 0 Å². The Labute approximate surface area is 185 Å². The van der Waals surface area contributed by atoms with Gasteiger partial charge >= 0.3 is 0 Å². The van der Waals surface area contributed by atoms with Crippen molar-refractivity contribution < 1.29 is 8.42 Å². The number of aryl methyl sites for hydroxylation is 1. The zero-order valence-electron chi connectivity index (χ0n) is 19.2. The summed E-state index contributed by atoms with van der Waals surface area (Å²) in [5.41, 5.74) is 1.18. The summed E-state index contributed by atoms with van der Waals surface area (Å²) in [7, 11) is 0.990. The summed E-state index contributed by atoms with van der Waals surface area (Å²) in [4.78, 5) is 6.85. The molecule has 1 aromatic carbocycles. The third kappa shape index (κ3) is 8.95. The average molecular weight is 450 g/mol. The molecule has 9 nitrogen and oxygen atoms in total. The standard InChI is InChI=1S/C21H35N7O2S/c1-17(12-15-31(5,29)30)24-21(23-16-20-26-25-18(2)28(20)4)22-13-9-14-27(3)19-10-7-6-8-11-19/h6-8,10-11,17H,9,12-16H2,1-5H3,(H2,22,23,24). The highest BCUT2D eigenvalue weighted by molar-refractivity contribution is 7.90. The fourth-order valence-corrected chi connectivity index (χ4v) is 3.70. The Morgan fingerprint density at radius 2 is 1.97 bits per heavy atom. The van der Waals surface area contributed by atoms with Gasteiger partial charge < -0.3 is 20.1 Å². The molecular formula is C21H35N7O2S. The second kappa shape index (κ2) is 11.7. The van der Waals surface area contributed by atoms with Gasteiger partial charge in [0.15, 0.2) is 11.8 Å². The van der Waals surface area contributed by atoms with Crippen molar-refractivity contribution in [1.82, 2.24) is 25.4 Å². The van der Waals surface area contributed by atoms with Crippen LogP contribution < -0.4 is 15.5 Å². The number of nitrogens with zero attached hydrogens (tertiary/aromatic N) is 5. The van der Waals surface area contributed by atoms with E-state index in [2.05, 4.69) is 49.9 Å². The van der Waals surface area contributed by atoms with Crippen molar-refractivity contribution in [2.24, 2.45) is 12.0 Å². The Kier molecular flexibility index (Phi) is 9.29. The van der Waals surface area contributed by atoms with Gasteiger partial charge in [-0.3, -0.25) is 0 Å². The fourth-order valence-electron chi connectivity index (χ4n) is 2.92. The van der Waals surface area contributed by atoms with Crippen LogP contribution in [0, 0.1) is 6.92 Å². The lowest BCUT2D eigenvalue weighted by Crippen LogP contribution is -2.43. The monoisotopic (exact) mass is 449 g/mol. The molecule has 1 aromatic heterocycles. The van der Waals surface area contributed by atoms with Crippen LogP contribution >= 0.6 is 0 Å². The molecular weight excluding hydrogens is 414 g/mol. The smallest absolute Gasteiger partial charge is 0.191 e. The molecule has 0 aliphatic carbocycles. The summed E-state index contributed by atoms with van der Waals surface area (Å²) in [6.45, 7) is 5.87. The van der Waals surface area contributed by atoms with Gasteiger partial charge in [-0.15, -0.1) is 10.2 Å². The van der Waals surface area contributed by atoms with Crippen molar-refractivity contribution in [2.45, 2.75) is 39.3 Å². The lowest BCUT2D eigenvalue weighted by Gasteiger charge is -2.21. The Morgan fingerprint density at radius 3 is 2.58 bits per heavy atom. The zero-order chi connectivity index (χ0) is 22.9. The maximum absolute atomic E-state index is 11.5. The van der Waals surface area contributed by atoms with Crippen molar-refractivity contribution in [2.75, 3.05) is 37.0 Å². The SMILES string of the molecule is Cc1nnc(CN=C(NCCCN(C)c2ccccc2)NC(C)CCS(C)(=O)=O)n1C. The van der Waals surface area contributed by atoms with Crippen LogP contribution in [0.2, 0.25) is 0 Å². The first-order valence-corrected chi connectivity index (χ1v) is 12.6. The van der Waals surface area contributed by atoms with Gasteiger partial charge in [0.25, 0.3) is 0 Å². The number of hydrogen-bond donors (Lipinski definition) is 2. The van der Waals surface area contributed by atoms with Crippen LogP contribution in [0.5, 0.6) is 0 Å². The first-order chi connectivity index (χ1) is 14.7. The van der Waals surface area contributed by atoms with E-state index in [4.69, 9.17) is 0 Å². The summed E-state index contributed by atoms with van der Waals surface area (Å²) in [6, 6.07) is 10.2. The molecule has 2 aromatic rings. The zero-order valence-corrected chi connectivity index (χ0v) is 20.0. The molecule has 0 fully saturated rings. The maximum atomic E-state index is 11.5. The number of hydrogen-bond acceptors (Lipinski definition) is 6. The van der Waals surface area contributed by atoms with Crippen LogP contribution in [0.15, 0.2) is 35.3 Å². The van der Waals surface area contributed by atoms with Crippen molar-refractivity contribution >= 4 is 21.5 Å². The number of aliphatic imine (C=N–C) groups is 1. The van der Waals surface area contributed by atoms with Gasteiger partial charge in [0.1, 0.15) is 22.2 Å². The number of para-hydroxylation sites is 1. The van der Waals surface area contributed by atoms with E-state index in [-0.39, 0.29) is 11.8 Å². The fraction of sp³-hybridized carbons (Fsp3) is 0.571. The molecule has 0 aliphatic heterocycles. The van der Waals surface area contributed by atoms with Crippen molar-refractivity contribution in [3.8, 4) is 0 Å². The summed E-state index contributed by atoms with van der Waals surface area (Å²) in [5.74, 6) is 2.38. The largest absolute Gasteiger partial charge is 0.375 e. The molecule has 0 spiro atoms. The number of guanidine groups is 1. The van der Waals surface area contributed by atoms with Gasteiger partial charge in [-0.25, -0.2) is 13.4 Å². The highest BCUT2D eigenvalue weighted by Crippen LogP contribution is 2.10. The number of benzene rings is 1. The van der Waals surface area contributed by atoms with Gasteiger partial charge in [-0.2, -0.15) is 0 Å². The quantitative estimate of drug-likeness (QED) is 0.304. The van der Waals surface area contributed by atoms with E-state index < -0.39 is 9.84 Å². The van der Waals surface area contributed by atoms with Crippen LogP contribution in [0.4, 0.5) is 5.69 Å². The van der Waals surface area contributed by atoms with Gasteiger partial charge in [-0.05, 0) is 38.8 Å². The predicted molar refractivity (Wildman–Crippen MR) is 126 cm³/mol. The second-order valence-corrected chi connectivity index (χ2v) is 10.1. The van der Waals surface area contributed by atoms with E-state index in [9.17, 15) is 8.42 Å². The molecule has 2 rings (SSSR count). The van der Waals surface area contributed by atoms with Crippen LogP contribution in [-0.4, -0.2) is 67.3 Å². The number of sulfone groups is 1. The number of rotatable bonds is 11. The molecule has 1 unspecified atom stereocenters. The molecule has 2 N–H and O–H groups in total. The molecule has 10 heteroatoms. The summed E-state index contributed by atoms with van der Waals surface area (Å²) in [5, 5.41) is 14.9. The van der Waals surface area contributed by atoms with Crippen LogP contribution in [-0.2, 0) is 23.4 Å². The summed E-state index contributed by atoms with van der Waals surface area (Å²) in [6.07, 6.45) is 2.69. The van der Waals surface area contributed by atoms with Gasteiger partial charge in [0.2, 0.25) is 0 Å². The van der Waals surface area contributed by atoms with E-state index >= 15 is 0 Å². The first kappa shape index (κ1) is 24.6. The summed E-state index contributed by atoms with van der Waals surface area (Å²) >= 11 is 0. The number of nitrogens with one attached hydrogen (secondary N) is 2. The molecule has 0 radical (unpaired) electrons. The molecule has 172 valence electrons. The Bertz CT molecular complexity index is 942. The lowest BCUT2D eigenvalue weighted by molar-refractivity contribution is 0.579. The molecule has 0 saturated heterocycles. The molecule has 1 atom stereocenters. The highest BCUT2D eigenvalue weighted by atomic mass is 32.2. The van der Waals surface area contributed by atoms with E-state index in [0.29, 0.717) is 18.9 Å². The van der Waals surface area contributed by atoms with E-state index in [1.807, 2.05) is 43.7 Å². The Balaban J connectivity index is 1.92. The molecule has 0 amide bonds. The van der Waals surface area contributed by atoms with E-state index in [1.54, 1.807) is 0 Å². The van der Waals surface area contributed by atoms with Crippen molar-refractivity contribution in [1.29, 1.82) is 0 Å². The molecule has 1 heterocycles. The van der Waals surface area contributed by atoms with Gasteiger partial charge in [0, 0.05) is 45.2 Å². The normalized spacial score (nSPS) is 13.1. The van der Waals surface area contributed by atoms with E-state index in [0.717, 1.165) is 31.2 Å². The second-order valence-electron chi connectivity index (χ2n) is 7.89. The van der Waals surface area contributed by atoms with Crippen molar-refractivity contribution in [3.63, 3.8) is 0 Å². The van der Waals surface area contributed by atoms with E-state index in [1.165, 1.54) is 11.9 Å². The summed E-state index contributed by atoms with van der Waals surface area (Å²) < 4.78 is 24.8. The van der Waals surface area contributed by atoms with Crippen LogP contribution in [0.1, 0.15) is 31.4 Å². The molecule has 31 heavy (non-hydrogen) atoms. The highest BCUT2D eigenvalue weighted by Gasteiger charge is 2.11. The van der Waals surface area contributed by atoms with Crippen molar-refractivity contribution in [3.05, 3.63) is 42.0 Å². The Hall–Kier alpha value is -2.62. The Morgan fingerprint density at radius 1 is 1.26 bits per heavy atom. The molecule has 0 aliphatic rings. The molecule has 0 saturated carbocycles. The number of aromatic nitrogens is 3.